The predicted molar refractivity (Wildman–Crippen MR) is 83.5 cm³/mol. The maximum Gasteiger partial charge on any atom is 0.0521 e. The Hall–Kier alpha value is 0.620. The summed E-state index contributed by atoms with van der Waals surface area (Å²) in [5.41, 5.74) is 0.401. The minimum absolute atomic E-state index is 0.281. The summed E-state index contributed by atoms with van der Waals surface area (Å²) in [5.74, 6) is 1.70. The van der Waals surface area contributed by atoms with Crippen molar-refractivity contribution in [3.05, 3.63) is 0 Å². The van der Waals surface area contributed by atoms with Crippen molar-refractivity contribution in [1.29, 1.82) is 0 Å². The lowest BCUT2D eigenvalue weighted by atomic mass is 9.70. The number of hydrogen-bond acceptors (Lipinski definition) is 4. The smallest absolute Gasteiger partial charge is 0.0521 e. The molecule has 0 aliphatic heterocycles. The third-order valence-corrected chi connectivity index (χ3v) is 7.10. The summed E-state index contributed by atoms with van der Waals surface area (Å²) in [7, 11) is 0. The van der Waals surface area contributed by atoms with Crippen LogP contribution in [0.5, 0.6) is 0 Å². The van der Waals surface area contributed by atoms with Gasteiger partial charge in [-0.15, -0.1) is 0 Å². The van der Waals surface area contributed by atoms with Crippen molar-refractivity contribution < 1.29 is 10.2 Å². The molecule has 0 aromatic carbocycles. The van der Waals surface area contributed by atoms with Crippen molar-refractivity contribution in [3.63, 3.8) is 0 Å². The molecule has 2 atom stereocenters. The Morgan fingerprint density at radius 1 is 0.889 bits per heavy atom. The fraction of sp³-hybridized carbons (Fsp3) is 1.00. The van der Waals surface area contributed by atoms with Gasteiger partial charge in [-0.25, -0.2) is 0 Å². The van der Waals surface area contributed by atoms with Crippen LogP contribution in [0.4, 0.5) is 0 Å². The lowest BCUT2D eigenvalue weighted by Gasteiger charge is -2.46. The first-order valence-corrected chi connectivity index (χ1v) is 9.22. The van der Waals surface area contributed by atoms with Crippen LogP contribution in [0.2, 0.25) is 0 Å². The van der Waals surface area contributed by atoms with E-state index in [1.165, 1.54) is 32.1 Å². The Bertz CT molecular complexity index is 202. The van der Waals surface area contributed by atoms with Crippen molar-refractivity contribution >= 4 is 23.5 Å². The monoisotopic (exact) mass is 292 g/mol. The number of hydrogen-bond donors (Lipinski definition) is 2. The maximum atomic E-state index is 9.02. The Labute approximate surface area is 120 Å². The van der Waals surface area contributed by atoms with E-state index in [0.717, 1.165) is 11.5 Å². The Morgan fingerprint density at radius 2 is 1.33 bits per heavy atom. The zero-order valence-corrected chi connectivity index (χ0v) is 13.4. The minimum Gasteiger partial charge on any atom is -0.396 e. The zero-order chi connectivity index (χ0) is 13.4. The van der Waals surface area contributed by atoms with Crippen LogP contribution in [0.25, 0.3) is 0 Å². The Kier molecular flexibility index (Phi) is 8.08. The highest BCUT2D eigenvalue weighted by Crippen LogP contribution is 2.50. The summed E-state index contributed by atoms with van der Waals surface area (Å²) in [6.07, 6.45) is 6.68. The third kappa shape index (κ3) is 4.32. The molecule has 0 radical (unpaired) electrons. The molecular formula is C14H28O2S2. The highest BCUT2D eigenvalue weighted by Gasteiger charge is 2.42. The van der Waals surface area contributed by atoms with E-state index < -0.39 is 0 Å². The van der Waals surface area contributed by atoms with E-state index in [-0.39, 0.29) is 13.2 Å². The molecule has 18 heavy (non-hydrogen) atoms. The van der Waals surface area contributed by atoms with Crippen molar-refractivity contribution in [3.8, 4) is 0 Å². The van der Waals surface area contributed by atoms with Gasteiger partial charge in [0.15, 0.2) is 0 Å². The van der Waals surface area contributed by atoms with E-state index in [1.807, 2.05) is 23.5 Å². The Morgan fingerprint density at radius 3 is 1.72 bits per heavy atom. The van der Waals surface area contributed by atoms with Crippen LogP contribution in [0.3, 0.4) is 0 Å². The molecule has 1 rings (SSSR count). The molecule has 2 unspecified atom stereocenters. The summed E-state index contributed by atoms with van der Waals surface area (Å²) < 4.78 is 0. The Balaban J connectivity index is 2.66. The first kappa shape index (κ1) is 16.7. The average molecular weight is 293 g/mol. The second-order valence-corrected chi connectivity index (χ2v) is 8.16. The van der Waals surface area contributed by atoms with Crippen LogP contribution >= 0.6 is 23.5 Å². The molecule has 108 valence electrons. The lowest BCUT2D eigenvalue weighted by molar-refractivity contribution is 0.188. The first-order chi connectivity index (χ1) is 8.67. The quantitative estimate of drug-likeness (QED) is 0.721. The molecule has 1 aliphatic carbocycles. The predicted octanol–water partition coefficient (Wildman–Crippen LogP) is 3.16. The molecule has 4 heteroatoms. The van der Waals surface area contributed by atoms with E-state index >= 15 is 0 Å². The van der Waals surface area contributed by atoms with Crippen LogP contribution in [-0.2, 0) is 0 Å². The van der Waals surface area contributed by atoms with Gasteiger partial charge in [-0.1, -0.05) is 33.1 Å². The maximum absolute atomic E-state index is 9.02. The van der Waals surface area contributed by atoms with Gasteiger partial charge in [-0.2, -0.15) is 23.5 Å². The van der Waals surface area contributed by atoms with Crippen LogP contribution in [0, 0.1) is 5.41 Å². The normalized spacial score (nSPS) is 22.7. The molecule has 1 fully saturated rings. The molecule has 1 saturated carbocycles. The number of thioether (sulfide) groups is 2. The van der Waals surface area contributed by atoms with Gasteiger partial charge in [0.1, 0.15) is 0 Å². The molecule has 1 aliphatic rings. The second-order valence-electron chi connectivity index (χ2n) is 5.27. The second kappa shape index (κ2) is 8.72. The summed E-state index contributed by atoms with van der Waals surface area (Å²) >= 11 is 3.84. The van der Waals surface area contributed by atoms with Crippen molar-refractivity contribution in [1.82, 2.24) is 0 Å². The standard InChI is InChI=1S/C14H28O2S2/c1-12(17-10-8-15)14(6-4-3-5-7-14)13(2)18-11-9-16/h12-13,15-16H,3-11H2,1-2H3. The lowest BCUT2D eigenvalue weighted by Crippen LogP contribution is -2.41. The third-order valence-electron chi connectivity index (χ3n) is 4.32. The molecule has 2 N–H and O–H groups in total. The molecular weight excluding hydrogens is 264 g/mol. The summed E-state index contributed by atoms with van der Waals surface area (Å²) in [6, 6.07) is 0. The summed E-state index contributed by atoms with van der Waals surface area (Å²) in [4.78, 5) is 0. The van der Waals surface area contributed by atoms with Crippen LogP contribution in [-0.4, -0.2) is 45.4 Å². The van der Waals surface area contributed by atoms with Gasteiger partial charge in [0.25, 0.3) is 0 Å². The highest BCUT2D eigenvalue weighted by atomic mass is 32.2. The SMILES string of the molecule is CC(SCCO)C1(C(C)SCCO)CCCCC1. The molecule has 0 amide bonds. The van der Waals surface area contributed by atoms with Crippen LogP contribution in [0.15, 0.2) is 0 Å². The molecule has 0 bridgehead atoms. The van der Waals surface area contributed by atoms with E-state index in [2.05, 4.69) is 13.8 Å². The molecule has 0 aromatic heterocycles. The largest absolute Gasteiger partial charge is 0.396 e. The number of rotatable bonds is 8. The minimum atomic E-state index is 0.281. The van der Waals surface area contributed by atoms with Gasteiger partial charge in [0, 0.05) is 22.0 Å². The summed E-state index contributed by atoms with van der Waals surface area (Å²) in [6.45, 7) is 5.23. The highest BCUT2D eigenvalue weighted by molar-refractivity contribution is 8.00. The van der Waals surface area contributed by atoms with Crippen LogP contribution < -0.4 is 0 Å². The van der Waals surface area contributed by atoms with E-state index in [4.69, 9.17) is 10.2 Å². The summed E-state index contributed by atoms with van der Waals surface area (Å²) in [5, 5.41) is 19.2. The molecule has 2 nitrogen and oxygen atoms in total. The van der Waals surface area contributed by atoms with Gasteiger partial charge in [0.2, 0.25) is 0 Å². The molecule has 0 saturated heterocycles. The van der Waals surface area contributed by atoms with Gasteiger partial charge < -0.3 is 10.2 Å². The van der Waals surface area contributed by atoms with Gasteiger partial charge >= 0.3 is 0 Å². The molecule has 0 spiro atoms. The first-order valence-electron chi connectivity index (χ1n) is 7.12. The number of aliphatic hydroxyl groups is 2. The van der Waals surface area contributed by atoms with Crippen molar-refractivity contribution in [2.75, 3.05) is 24.7 Å². The van der Waals surface area contributed by atoms with Gasteiger partial charge in [0.05, 0.1) is 13.2 Å². The number of aliphatic hydroxyl groups excluding tert-OH is 2. The average Bonchev–Trinajstić information content (AvgIpc) is 2.42. The van der Waals surface area contributed by atoms with Crippen molar-refractivity contribution in [2.24, 2.45) is 5.41 Å². The topological polar surface area (TPSA) is 40.5 Å². The van der Waals surface area contributed by atoms with Crippen LogP contribution in [0.1, 0.15) is 46.0 Å². The van der Waals surface area contributed by atoms with Crippen molar-refractivity contribution in [2.45, 2.75) is 56.5 Å². The fourth-order valence-electron chi connectivity index (χ4n) is 3.14. The fourth-order valence-corrected chi connectivity index (χ4v) is 5.69. The van der Waals surface area contributed by atoms with E-state index in [0.29, 0.717) is 15.9 Å². The van der Waals surface area contributed by atoms with E-state index in [9.17, 15) is 0 Å². The van der Waals surface area contributed by atoms with E-state index in [1.54, 1.807) is 0 Å². The molecule has 0 aromatic rings. The van der Waals surface area contributed by atoms with Gasteiger partial charge in [-0.05, 0) is 18.3 Å². The van der Waals surface area contributed by atoms with Gasteiger partial charge in [-0.3, -0.25) is 0 Å². The molecule has 0 heterocycles. The zero-order valence-electron chi connectivity index (χ0n) is 11.7.